The molecule has 4 aliphatic rings. The number of rotatable bonds is 4. The van der Waals surface area contributed by atoms with Crippen LogP contribution < -0.4 is 0 Å². The lowest BCUT2D eigenvalue weighted by molar-refractivity contribution is -0.122. The maximum Gasteiger partial charge on any atom is 0.297 e. The van der Waals surface area contributed by atoms with Gasteiger partial charge >= 0.3 is 0 Å². The van der Waals surface area contributed by atoms with Gasteiger partial charge in [0, 0.05) is 0 Å². The van der Waals surface area contributed by atoms with Gasteiger partial charge in [-0.1, -0.05) is 37.6 Å². The van der Waals surface area contributed by atoms with Gasteiger partial charge in [0.2, 0.25) is 0 Å². The number of benzene rings is 1. The number of fused-ring (bicyclic) bond motifs is 5. The minimum atomic E-state index is -3.73. The van der Waals surface area contributed by atoms with Gasteiger partial charge in [0.25, 0.3) is 10.1 Å². The topological polar surface area (TPSA) is 60.4 Å². The highest BCUT2D eigenvalue weighted by Crippen LogP contribution is 2.66. The minimum Gasteiger partial charge on any atom is -0.295 e. The molecule has 0 radical (unpaired) electrons. The number of hydrogen-bond donors (Lipinski definition) is 0. The monoisotopic (exact) mass is 470 g/mol. The highest BCUT2D eigenvalue weighted by Gasteiger charge is 2.59. The molecule has 0 N–H and O–H groups in total. The molecular weight excluding hydrogens is 432 g/mol. The van der Waals surface area contributed by atoms with Crippen molar-refractivity contribution in [1.29, 1.82) is 0 Å². The Morgan fingerprint density at radius 1 is 1.00 bits per heavy atom. The third kappa shape index (κ3) is 3.74. The molecule has 4 aliphatic carbocycles. The zero-order chi connectivity index (χ0) is 23.6. The van der Waals surface area contributed by atoms with E-state index >= 15 is 0 Å². The number of ketones is 1. The summed E-state index contributed by atoms with van der Waals surface area (Å²) in [5.41, 5.74) is 2.42. The summed E-state index contributed by atoms with van der Waals surface area (Å²) in [6, 6.07) is 6.93. The van der Waals surface area contributed by atoms with Crippen LogP contribution in [0.3, 0.4) is 0 Å². The van der Waals surface area contributed by atoms with Crippen molar-refractivity contribution >= 4 is 15.9 Å². The second-order valence-corrected chi connectivity index (χ2v) is 13.4. The van der Waals surface area contributed by atoms with Gasteiger partial charge in [0.15, 0.2) is 5.78 Å². The third-order valence-corrected chi connectivity index (χ3v) is 11.5. The molecule has 7 atom stereocenters. The standard InChI is InChI=1S/C28H38O4S/c1-18-5-8-22(9-6-18)33(30,31)32-21-13-15-27(3)20(17-21)7-10-23-25-12-11-24(19(2)29)28(25,4)16-14-26(23)27/h5-6,8-9,11,20-21,23,25-26H,7,10,12-17H2,1-4H3/t20-,21-,23-,25-,26-,27-,28+/m0/s1. The molecule has 5 heteroatoms. The van der Waals surface area contributed by atoms with Crippen molar-refractivity contribution in [1.82, 2.24) is 0 Å². The van der Waals surface area contributed by atoms with Crippen molar-refractivity contribution in [2.75, 3.05) is 0 Å². The minimum absolute atomic E-state index is 0.0542. The van der Waals surface area contributed by atoms with Crippen LogP contribution in [0.5, 0.6) is 0 Å². The Hall–Kier alpha value is -1.46. The van der Waals surface area contributed by atoms with E-state index in [1.165, 1.54) is 12.8 Å². The molecule has 5 rings (SSSR count). The fourth-order valence-corrected chi connectivity index (χ4v) is 9.47. The average Bonchev–Trinajstić information content (AvgIpc) is 3.11. The Kier molecular flexibility index (Phi) is 5.68. The lowest BCUT2D eigenvalue weighted by Gasteiger charge is -2.60. The van der Waals surface area contributed by atoms with Crippen molar-refractivity contribution in [2.24, 2.45) is 34.5 Å². The Morgan fingerprint density at radius 2 is 1.73 bits per heavy atom. The highest BCUT2D eigenvalue weighted by atomic mass is 32.2. The fraction of sp³-hybridized carbons (Fsp3) is 0.679. The molecule has 0 aliphatic heterocycles. The Labute approximate surface area is 199 Å². The first-order chi connectivity index (χ1) is 15.5. The molecule has 0 unspecified atom stereocenters. The highest BCUT2D eigenvalue weighted by molar-refractivity contribution is 7.86. The predicted octanol–water partition coefficient (Wildman–Crippen LogP) is 6.24. The average molecular weight is 471 g/mol. The van der Waals surface area contributed by atoms with E-state index in [1.807, 2.05) is 19.1 Å². The normalized spacial score (nSPS) is 40.4. The number of Topliss-reactive ketones (excluding diaryl/α,β-unsaturated/α-hetero) is 1. The van der Waals surface area contributed by atoms with Gasteiger partial charge in [0.05, 0.1) is 11.0 Å². The number of carbonyl (C=O) groups is 1. The lowest BCUT2D eigenvalue weighted by Crippen LogP contribution is -2.54. The number of hydrogen-bond acceptors (Lipinski definition) is 4. The van der Waals surface area contributed by atoms with E-state index < -0.39 is 10.1 Å². The van der Waals surface area contributed by atoms with Gasteiger partial charge in [-0.25, -0.2) is 0 Å². The van der Waals surface area contributed by atoms with Crippen LogP contribution in [0.2, 0.25) is 0 Å². The number of allylic oxidation sites excluding steroid dienone is 2. The van der Waals surface area contributed by atoms with E-state index in [0.717, 1.165) is 49.7 Å². The molecular formula is C28H38O4S. The van der Waals surface area contributed by atoms with Gasteiger partial charge in [-0.2, -0.15) is 8.42 Å². The molecule has 3 saturated carbocycles. The van der Waals surface area contributed by atoms with E-state index in [1.54, 1.807) is 19.1 Å². The Balaban J connectivity index is 1.30. The summed E-state index contributed by atoms with van der Waals surface area (Å²) in [5.74, 6) is 2.70. The first kappa shape index (κ1) is 23.3. The number of carbonyl (C=O) groups excluding carboxylic acids is 1. The maximum atomic E-state index is 12.9. The van der Waals surface area contributed by atoms with Crippen molar-refractivity contribution < 1.29 is 17.4 Å². The van der Waals surface area contributed by atoms with Crippen LogP contribution in [0.15, 0.2) is 40.8 Å². The van der Waals surface area contributed by atoms with Gasteiger partial charge in [0.1, 0.15) is 0 Å². The Morgan fingerprint density at radius 3 is 2.42 bits per heavy atom. The molecule has 0 heterocycles. The van der Waals surface area contributed by atoms with Gasteiger partial charge in [-0.15, -0.1) is 0 Å². The second kappa shape index (κ2) is 8.05. The predicted molar refractivity (Wildman–Crippen MR) is 129 cm³/mol. The van der Waals surface area contributed by atoms with Crippen molar-refractivity contribution in [3.63, 3.8) is 0 Å². The smallest absolute Gasteiger partial charge is 0.295 e. The molecule has 0 spiro atoms. The SMILES string of the molecule is CC(=O)C1=CC[C@H]2[C@@H]3CC[C@H]4C[C@@H](OS(=O)(=O)c5ccc(C)cc5)CC[C@]4(C)[C@H]3CC[C@]12C. The quantitative estimate of drug-likeness (QED) is 0.489. The van der Waals surface area contributed by atoms with Crippen molar-refractivity contribution in [3.8, 4) is 0 Å². The van der Waals surface area contributed by atoms with Gasteiger partial charge in [-0.05, 0) is 117 Å². The molecule has 1 aromatic carbocycles. The molecule has 0 saturated heterocycles. The summed E-state index contributed by atoms with van der Waals surface area (Å²) in [6.45, 7) is 8.49. The fourth-order valence-electron chi connectivity index (χ4n) is 8.36. The third-order valence-electron chi connectivity index (χ3n) is 10.2. The van der Waals surface area contributed by atoms with Gasteiger partial charge in [-0.3, -0.25) is 8.98 Å². The lowest BCUT2D eigenvalue weighted by atomic mass is 9.44. The molecule has 0 amide bonds. The van der Waals surface area contributed by atoms with Crippen LogP contribution in [0.1, 0.15) is 77.7 Å². The van der Waals surface area contributed by atoms with Crippen molar-refractivity contribution in [3.05, 3.63) is 41.5 Å². The molecule has 0 aromatic heterocycles. The van der Waals surface area contributed by atoms with E-state index in [-0.39, 0.29) is 27.6 Å². The van der Waals surface area contributed by atoms with Crippen molar-refractivity contribution in [2.45, 2.75) is 90.1 Å². The van der Waals surface area contributed by atoms with E-state index in [4.69, 9.17) is 4.18 Å². The van der Waals surface area contributed by atoms with Gasteiger partial charge < -0.3 is 0 Å². The zero-order valence-electron chi connectivity index (χ0n) is 20.5. The summed E-state index contributed by atoms with van der Waals surface area (Å²) in [6.07, 6.45) is 10.4. The van der Waals surface area contributed by atoms with Crippen LogP contribution in [-0.2, 0) is 19.1 Å². The van der Waals surface area contributed by atoms with Crippen LogP contribution in [0.25, 0.3) is 0 Å². The van der Waals surface area contributed by atoms with Crippen LogP contribution >= 0.6 is 0 Å². The molecule has 4 nitrogen and oxygen atoms in total. The number of aryl methyl sites for hydroxylation is 1. The van der Waals surface area contributed by atoms with E-state index in [0.29, 0.717) is 23.7 Å². The molecule has 3 fully saturated rings. The Bertz CT molecular complexity index is 1070. The summed E-state index contributed by atoms with van der Waals surface area (Å²) in [7, 11) is -3.73. The van der Waals surface area contributed by atoms with Crippen LogP contribution in [-0.4, -0.2) is 20.3 Å². The summed E-state index contributed by atoms with van der Waals surface area (Å²) >= 11 is 0. The van der Waals surface area contributed by atoms with Crippen LogP contribution in [0, 0.1) is 41.4 Å². The summed E-state index contributed by atoms with van der Waals surface area (Å²) in [4.78, 5) is 12.6. The van der Waals surface area contributed by atoms with E-state index in [2.05, 4.69) is 19.9 Å². The second-order valence-electron chi connectivity index (χ2n) is 11.8. The molecule has 180 valence electrons. The maximum absolute atomic E-state index is 12.9. The largest absolute Gasteiger partial charge is 0.297 e. The van der Waals surface area contributed by atoms with Crippen LogP contribution in [0.4, 0.5) is 0 Å². The summed E-state index contributed by atoms with van der Waals surface area (Å²) < 4.78 is 31.5. The molecule has 0 bridgehead atoms. The zero-order valence-corrected chi connectivity index (χ0v) is 21.3. The molecule has 33 heavy (non-hydrogen) atoms. The first-order valence-corrected chi connectivity index (χ1v) is 14.2. The first-order valence-electron chi connectivity index (χ1n) is 12.8. The molecule has 1 aromatic rings. The summed E-state index contributed by atoms with van der Waals surface area (Å²) in [5, 5.41) is 0. The van der Waals surface area contributed by atoms with E-state index in [9.17, 15) is 13.2 Å².